The van der Waals surface area contributed by atoms with Gasteiger partial charge in [0.15, 0.2) is 11.6 Å². The molecule has 5 atom stereocenters. The zero-order valence-corrected chi connectivity index (χ0v) is 13.9. The molecule has 23 heavy (non-hydrogen) atoms. The van der Waals surface area contributed by atoms with Crippen molar-refractivity contribution >= 4 is 10.3 Å². The van der Waals surface area contributed by atoms with E-state index in [4.69, 9.17) is 28.8 Å². The first-order valence-corrected chi connectivity index (χ1v) is 8.60. The first-order valence-electron chi connectivity index (χ1n) is 7.13. The predicted molar refractivity (Wildman–Crippen MR) is 73.0 cm³/mol. The van der Waals surface area contributed by atoms with Gasteiger partial charge in [-0.1, -0.05) is 0 Å². The number of hydrogen-bond donors (Lipinski definition) is 2. The number of aliphatic hydroxyl groups excluding tert-OH is 1. The highest BCUT2D eigenvalue weighted by Crippen LogP contribution is 2.47. The average molecular weight is 355 g/mol. The highest BCUT2D eigenvalue weighted by atomic mass is 32.2. The Labute approximate surface area is 134 Å². The number of hydrogen-bond acceptors (Lipinski definition) is 9. The van der Waals surface area contributed by atoms with Gasteiger partial charge < -0.3 is 28.8 Å². The van der Waals surface area contributed by atoms with Gasteiger partial charge in [0.25, 0.3) is 0 Å². The number of nitrogens with two attached hydrogens (primary N) is 1. The maximum absolute atomic E-state index is 11.1. The molecule has 0 aromatic carbocycles. The summed E-state index contributed by atoms with van der Waals surface area (Å²) in [4.78, 5) is 0. The molecule has 3 saturated heterocycles. The number of rotatable bonds is 4. The number of aliphatic hydroxyl groups is 1. The zero-order chi connectivity index (χ0) is 17.1. The molecule has 3 aliphatic heterocycles. The van der Waals surface area contributed by atoms with Crippen molar-refractivity contribution in [3.05, 3.63) is 0 Å². The molecule has 3 N–H and O–H groups in total. The van der Waals surface area contributed by atoms with Crippen molar-refractivity contribution in [3.8, 4) is 0 Å². The molecule has 0 aliphatic carbocycles. The molecule has 3 heterocycles. The fourth-order valence-corrected chi connectivity index (χ4v) is 3.43. The Morgan fingerprint density at radius 3 is 2.57 bits per heavy atom. The Bertz CT molecular complexity index is 581. The SMILES string of the molecule is CC1(C)OC2C3O[C@@](C)(CO)OC3CO[C@@]2(COS(N)(=O)=O)O1. The standard InChI is InChI=1S/C12H21NO9S/c1-10(2)21-9-8-7(19-11(3,5-14)20-8)4-17-12(9,22-10)6-18-23(13,15)16/h7-9,14H,4-6H2,1-3H3,(H2,13,15,16)/t7?,8?,9?,11-,12-/m0/s1. The smallest absolute Gasteiger partial charge is 0.333 e. The summed E-state index contributed by atoms with van der Waals surface area (Å²) in [5.74, 6) is -3.74. The van der Waals surface area contributed by atoms with E-state index >= 15 is 0 Å². The molecule has 0 aromatic heterocycles. The molecule has 0 spiro atoms. The summed E-state index contributed by atoms with van der Waals surface area (Å²) in [5, 5.41) is 14.3. The molecular formula is C12H21NO9S. The van der Waals surface area contributed by atoms with Crippen molar-refractivity contribution in [1.29, 1.82) is 0 Å². The second-order valence-electron chi connectivity index (χ2n) is 6.45. The molecule has 134 valence electrons. The van der Waals surface area contributed by atoms with Crippen LogP contribution >= 0.6 is 0 Å². The Hall–Kier alpha value is -0.370. The Balaban J connectivity index is 1.87. The maximum atomic E-state index is 11.1. The molecule has 3 aliphatic rings. The van der Waals surface area contributed by atoms with Crippen molar-refractivity contribution in [3.63, 3.8) is 0 Å². The van der Waals surface area contributed by atoms with E-state index in [0.29, 0.717) is 0 Å². The van der Waals surface area contributed by atoms with E-state index < -0.39 is 52.6 Å². The van der Waals surface area contributed by atoms with Gasteiger partial charge in [-0.15, -0.1) is 0 Å². The molecule has 3 unspecified atom stereocenters. The summed E-state index contributed by atoms with van der Waals surface area (Å²) in [6.45, 7) is 4.13. The van der Waals surface area contributed by atoms with E-state index in [9.17, 15) is 13.5 Å². The van der Waals surface area contributed by atoms with Crippen LogP contribution in [0, 0.1) is 0 Å². The van der Waals surface area contributed by atoms with Crippen molar-refractivity contribution in [2.75, 3.05) is 19.8 Å². The van der Waals surface area contributed by atoms with Crippen molar-refractivity contribution in [1.82, 2.24) is 0 Å². The van der Waals surface area contributed by atoms with Crippen molar-refractivity contribution in [2.45, 2.75) is 56.4 Å². The highest BCUT2D eigenvalue weighted by Gasteiger charge is 2.66. The van der Waals surface area contributed by atoms with Gasteiger partial charge in [-0.3, -0.25) is 4.18 Å². The summed E-state index contributed by atoms with van der Waals surface area (Å²) in [6, 6.07) is 0. The molecule has 3 fully saturated rings. The fraction of sp³-hybridized carbons (Fsp3) is 1.00. The molecule has 10 nitrogen and oxygen atoms in total. The van der Waals surface area contributed by atoms with Gasteiger partial charge >= 0.3 is 10.3 Å². The minimum atomic E-state index is -4.18. The van der Waals surface area contributed by atoms with Crippen LogP contribution in [0.1, 0.15) is 20.8 Å². The van der Waals surface area contributed by atoms with Crippen LogP contribution in [0.3, 0.4) is 0 Å². The Kier molecular flexibility index (Phi) is 4.03. The normalized spacial score (nSPS) is 45.7. The monoisotopic (exact) mass is 355 g/mol. The summed E-state index contributed by atoms with van der Waals surface area (Å²) in [6.07, 6.45) is -1.92. The van der Waals surface area contributed by atoms with Crippen molar-refractivity contribution in [2.24, 2.45) is 5.14 Å². The van der Waals surface area contributed by atoms with Crippen LogP contribution in [0.25, 0.3) is 0 Å². The summed E-state index contributed by atoms with van der Waals surface area (Å²) in [5.41, 5.74) is 0. The summed E-state index contributed by atoms with van der Waals surface area (Å²) >= 11 is 0. The van der Waals surface area contributed by atoms with Crippen LogP contribution in [0.4, 0.5) is 0 Å². The van der Waals surface area contributed by atoms with Crippen LogP contribution in [-0.2, 0) is 38.2 Å². The quantitative estimate of drug-likeness (QED) is 0.622. The maximum Gasteiger partial charge on any atom is 0.333 e. The van der Waals surface area contributed by atoms with Crippen LogP contribution in [0.15, 0.2) is 0 Å². The highest BCUT2D eigenvalue weighted by molar-refractivity contribution is 7.84. The van der Waals surface area contributed by atoms with E-state index in [2.05, 4.69) is 4.18 Å². The molecule has 0 amide bonds. The van der Waals surface area contributed by atoms with Gasteiger partial charge in [-0.05, 0) is 20.8 Å². The van der Waals surface area contributed by atoms with Gasteiger partial charge in [0.05, 0.1) is 13.2 Å². The van der Waals surface area contributed by atoms with Crippen LogP contribution in [0.2, 0.25) is 0 Å². The van der Waals surface area contributed by atoms with E-state index in [0.717, 1.165) is 0 Å². The van der Waals surface area contributed by atoms with E-state index in [1.165, 1.54) is 0 Å². The Morgan fingerprint density at radius 1 is 1.26 bits per heavy atom. The lowest BCUT2D eigenvalue weighted by Crippen LogP contribution is -2.60. The van der Waals surface area contributed by atoms with Crippen molar-refractivity contribution < 1.29 is 41.4 Å². The van der Waals surface area contributed by atoms with Gasteiger partial charge in [-0.2, -0.15) is 8.42 Å². The van der Waals surface area contributed by atoms with Gasteiger partial charge in [0.2, 0.25) is 5.79 Å². The second kappa shape index (κ2) is 5.31. The number of ether oxygens (including phenoxy) is 5. The van der Waals surface area contributed by atoms with Crippen LogP contribution < -0.4 is 5.14 Å². The van der Waals surface area contributed by atoms with Gasteiger partial charge in [-0.25, -0.2) is 5.14 Å². The topological polar surface area (TPSA) is 136 Å². The van der Waals surface area contributed by atoms with Gasteiger partial charge in [0.1, 0.15) is 24.9 Å². The lowest BCUT2D eigenvalue weighted by Gasteiger charge is -2.40. The van der Waals surface area contributed by atoms with Crippen LogP contribution in [0.5, 0.6) is 0 Å². The van der Waals surface area contributed by atoms with Gasteiger partial charge in [0, 0.05) is 0 Å². The summed E-state index contributed by atoms with van der Waals surface area (Å²) < 4.78 is 55.6. The lowest BCUT2D eigenvalue weighted by atomic mass is 9.98. The molecule has 0 saturated carbocycles. The minimum absolute atomic E-state index is 0.0597. The fourth-order valence-electron chi connectivity index (χ4n) is 3.10. The minimum Gasteiger partial charge on any atom is -0.391 e. The predicted octanol–water partition coefficient (Wildman–Crippen LogP) is -1.42. The zero-order valence-electron chi connectivity index (χ0n) is 13.1. The molecular weight excluding hydrogens is 334 g/mol. The molecule has 3 rings (SSSR count). The Morgan fingerprint density at radius 2 is 1.96 bits per heavy atom. The van der Waals surface area contributed by atoms with E-state index in [1.807, 2.05) is 0 Å². The average Bonchev–Trinajstić information content (AvgIpc) is 2.90. The number of fused-ring (bicyclic) bond motifs is 3. The third-order valence-electron chi connectivity index (χ3n) is 3.92. The molecule has 11 heteroatoms. The third kappa shape index (κ3) is 3.25. The summed E-state index contributed by atoms with van der Waals surface area (Å²) in [7, 11) is -4.18. The first kappa shape index (κ1) is 17.5. The largest absolute Gasteiger partial charge is 0.391 e. The lowest BCUT2D eigenvalue weighted by molar-refractivity contribution is -0.290. The molecule has 0 bridgehead atoms. The second-order valence-corrected chi connectivity index (χ2v) is 7.67. The first-order chi connectivity index (χ1) is 10.5. The van der Waals surface area contributed by atoms with E-state index in [1.54, 1.807) is 20.8 Å². The van der Waals surface area contributed by atoms with Crippen LogP contribution in [-0.4, -0.2) is 69.0 Å². The molecule has 0 radical (unpaired) electrons. The van der Waals surface area contributed by atoms with E-state index in [-0.39, 0.29) is 13.2 Å². The molecule has 0 aromatic rings. The third-order valence-corrected chi connectivity index (χ3v) is 4.36.